The van der Waals surface area contributed by atoms with Gasteiger partial charge in [0, 0.05) is 6.07 Å². The fourth-order valence-electron chi connectivity index (χ4n) is 2.08. The number of carbonyl (C=O) groups is 1. The Morgan fingerprint density at radius 1 is 1.20 bits per heavy atom. The normalized spacial score (nSPS) is 11.1. The number of hydrogen-bond acceptors (Lipinski definition) is 4. The molecule has 0 saturated carbocycles. The number of hydrogen-bond donors (Lipinski definition) is 1. The van der Waals surface area contributed by atoms with Gasteiger partial charge in [-0.15, -0.1) is 0 Å². The summed E-state index contributed by atoms with van der Waals surface area (Å²) in [6.07, 6.45) is 0.354. The smallest absolute Gasteiger partial charge is 0.342 e. The summed E-state index contributed by atoms with van der Waals surface area (Å²) in [5.74, 6) is -1.68. The van der Waals surface area contributed by atoms with Crippen molar-refractivity contribution in [2.24, 2.45) is 0 Å². The quantitative estimate of drug-likeness (QED) is 0.627. The van der Waals surface area contributed by atoms with Crippen LogP contribution in [-0.4, -0.2) is 31.2 Å². The summed E-state index contributed by atoms with van der Waals surface area (Å²) in [6.45, 7) is -0.849. The lowest BCUT2D eigenvalue weighted by atomic mass is 10.0. The minimum absolute atomic E-state index is 0.0239. The van der Waals surface area contributed by atoms with E-state index >= 15 is 0 Å². The monoisotopic (exact) mass is 352 g/mol. The number of phenols is 1. The lowest BCUT2D eigenvalue weighted by Gasteiger charge is -2.11. The molecular formula is C18H15F3O4. The van der Waals surface area contributed by atoms with Crippen LogP contribution in [0, 0.1) is 5.82 Å². The Bertz CT molecular complexity index is 771. The molecule has 0 aliphatic carbocycles. The van der Waals surface area contributed by atoms with Crippen LogP contribution in [0.1, 0.15) is 21.5 Å². The van der Waals surface area contributed by atoms with E-state index in [1.807, 2.05) is 0 Å². The van der Waals surface area contributed by atoms with E-state index < -0.39 is 30.6 Å². The number of alkyl halides is 2. The molecule has 2 aromatic carbocycles. The minimum atomic E-state index is -2.68. The molecule has 25 heavy (non-hydrogen) atoms. The van der Waals surface area contributed by atoms with Gasteiger partial charge in [-0.2, -0.15) is 0 Å². The third kappa shape index (κ3) is 5.00. The number of benzene rings is 2. The first kappa shape index (κ1) is 18.4. The van der Waals surface area contributed by atoms with Crippen molar-refractivity contribution in [1.82, 2.24) is 0 Å². The Hall–Kier alpha value is -2.96. The number of methoxy groups -OCH3 is 1. The lowest BCUT2D eigenvalue weighted by molar-refractivity contribution is 0.0596. The number of aromatic hydroxyl groups is 1. The van der Waals surface area contributed by atoms with Crippen molar-refractivity contribution < 1.29 is 32.5 Å². The molecular weight excluding hydrogens is 337 g/mol. The lowest BCUT2D eigenvalue weighted by Crippen LogP contribution is -2.09. The highest BCUT2D eigenvalue weighted by atomic mass is 19.3. The Balaban J connectivity index is 2.40. The van der Waals surface area contributed by atoms with Crippen LogP contribution in [0.15, 0.2) is 36.4 Å². The summed E-state index contributed by atoms with van der Waals surface area (Å²) in [5, 5.41) is 10.0. The van der Waals surface area contributed by atoms with Gasteiger partial charge in [0.05, 0.1) is 7.11 Å². The van der Waals surface area contributed by atoms with Crippen molar-refractivity contribution in [3.63, 3.8) is 0 Å². The number of halogens is 3. The molecule has 7 heteroatoms. The molecule has 0 spiro atoms. The zero-order chi connectivity index (χ0) is 18.4. The summed E-state index contributed by atoms with van der Waals surface area (Å²) in [4.78, 5) is 11.9. The molecule has 0 amide bonds. The van der Waals surface area contributed by atoms with Crippen LogP contribution in [0.25, 0.3) is 12.2 Å². The van der Waals surface area contributed by atoms with Gasteiger partial charge in [0.15, 0.2) is 0 Å². The van der Waals surface area contributed by atoms with Crippen LogP contribution in [-0.2, 0) is 4.74 Å². The second-order valence-corrected chi connectivity index (χ2v) is 4.99. The predicted octanol–water partition coefficient (Wildman–Crippen LogP) is 4.13. The predicted molar refractivity (Wildman–Crippen MR) is 86.3 cm³/mol. The van der Waals surface area contributed by atoms with Crippen molar-refractivity contribution in [1.29, 1.82) is 0 Å². The number of carbonyl (C=O) groups excluding carboxylic acids is 1. The van der Waals surface area contributed by atoms with E-state index in [9.17, 15) is 23.1 Å². The molecule has 0 unspecified atom stereocenters. The molecule has 0 atom stereocenters. The zero-order valence-electron chi connectivity index (χ0n) is 13.2. The molecule has 0 bridgehead atoms. The number of ether oxygens (including phenoxy) is 2. The molecule has 0 aliphatic heterocycles. The maximum atomic E-state index is 12.9. The van der Waals surface area contributed by atoms with Crippen LogP contribution in [0.5, 0.6) is 11.5 Å². The molecule has 0 heterocycles. The Morgan fingerprint density at radius 2 is 1.88 bits per heavy atom. The highest BCUT2D eigenvalue weighted by molar-refractivity contribution is 5.98. The van der Waals surface area contributed by atoms with E-state index in [1.54, 1.807) is 6.08 Å². The van der Waals surface area contributed by atoms with Crippen molar-refractivity contribution in [2.75, 3.05) is 13.7 Å². The largest absolute Gasteiger partial charge is 0.507 e. The van der Waals surface area contributed by atoms with E-state index in [4.69, 9.17) is 4.74 Å². The first-order chi connectivity index (χ1) is 11.9. The van der Waals surface area contributed by atoms with Gasteiger partial charge in [-0.1, -0.05) is 24.3 Å². The Morgan fingerprint density at radius 3 is 2.48 bits per heavy atom. The summed E-state index contributed by atoms with van der Waals surface area (Å²) in [7, 11) is 1.15. The minimum Gasteiger partial charge on any atom is -0.507 e. The van der Waals surface area contributed by atoms with Crippen molar-refractivity contribution in [3.8, 4) is 11.5 Å². The van der Waals surface area contributed by atoms with Crippen LogP contribution >= 0.6 is 0 Å². The van der Waals surface area contributed by atoms with E-state index in [2.05, 4.69) is 4.74 Å². The van der Waals surface area contributed by atoms with Gasteiger partial charge >= 0.3 is 5.97 Å². The third-order valence-electron chi connectivity index (χ3n) is 3.21. The zero-order valence-corrected chi connectivity index (χ0v) is 13.2. The maximum Gasteiger partial charge on any atom is 0.342 e. The first-order valence-electron chi connectivity index (χ1n) is 7.20. The highest BCUT2D eigenvalue weighted by Gasteiger charge is 2.18. The Labute approximate surface area is 142 Å². The standard InChI is InChI=1S/C18H15F3O4/c1-24-18(23)17-12(5-2-11-3-6-13(19)7-4-11)8-14(9-15(17)22)25-10-16(20)21/h2-9,16,22H,10H2,1H3. The topological polar surface area (TPSA) is 55.8 Å². The molecule has 0 saturated heterocycles. The van der Waals surface area contributed by atoms with Gasteiger partial charge < -0.3 is 14.6 Å². The van der Waals surface area contributed by atoms with Gasteiger partial charge in [0.25, 0.3) is 6.43 Å². The first-order valence-corrected chi connectivity index (χ1v) is 7.20. The molecule has 4 nitrogen and oxygen atoms in total. The summed E-state index contributed by atoms with van der Waals surface area (Å²) in [5.41, 5.74) is 0.710. The summed E-state index contributed by atoms with van der Waals surface area (Å²) in [6, 6.07) is 7.95. The maximum absolute atomic E-state index is 12.9. The third-order valence-corrected chi connectivity index (χ3v) is 3.21. The molecule has 0 aliphatic rings. The van der Waals surface area contributed by atoms with E-state index in [1.165, 1.54) is 36.4 Å². The van der Waals surface area contributed by atoms with E-state index in [0.29, 0.717) is 5.56 Å². The van der Waals surface area contributed by atoms with Crippen molar-refractivity contribution >= 4 is 18.1 Å². The molecule has 2 aromatic rings. The number of phenolic OH excluding ortho intramolecular Hbond substituents is 1. The summed E-state index contributed by atoms with van der Waals surface area (Å²) < 4.78 is 47.0. The van der Waals surface area contributed by atoms with E-state index in [-0.39, 0.29) is 16.9 Å². The van der Waals surface area contributed by atoms with Crippen molar-refractivity contribution in [2.45, 2.75) is 6.43 Å². The Kier molecular flexibility index (Phi) is 6.05. The van der Waals surface area contributed by atoms with Crippen LogP contribution in [0.2, 0.25) is 0 Å². The second-order valence-electron chi connectivity index (χ2n) is 4.99. The van der Waals surface area contributed by atoms with Gasteiger partial charge in [0.1, 0.15) is 29.5 Å². The van der Waals surface area contributed by atoms with Crippen molar-refractivity contribution in [3.05, 3.63) is 58.9 Å². The van der Waals surface area contributed by atoms with Crippen LogP contribution < -0.4 is 4.74 Å². The fourth-order valence-corrected chi connectivity index (χ4v) is 2.08. The number of rotatable bonds is 6. The fraction of sp³-hybridized carbons (Fsp3) is 0.167. The van der Waals surface area contributed by atoms with Crippen LogP contribution in [0.4, 0.5) is 13.2 Å². The van der Waals surface area contributed by atoms with Gasteiger partial charge in [0.2, 0.25) is 0 Å². The molecule has 132 valence electrons. The second kappa shape index (κ2) is 8.23. The highest BCUT2D eigenvalue weighted by Crippen LogP contribution is 2.30. The number of esters is 1. The summed E-state index contributed by atoms with van der Waals surface area (Å²) >= 11 is 0. The van der Waals surface area contributed by atoms with E-state index in [0.717, 1.165) is 13.2 Å². The molecule has 1 N–H and O–H groups in total. The molecule has 0 radical (unpaired) electrons. The molecule has 0 fully saturated rings. The molecule has 2 rings (SSSR count). The van der Waals surface area contributed by atoms with Gasteiger partial charge in [-0.3, -0.25) is 0 Å². The van der Waals surface area contributed by atoms with Crippen LogP contribution in [0.3, 0.4) is 0 Å². The molecule has 0 aromatic heterocycles. The average Bonchev–Trinajstić information content (AvgIpc) is 2.58. The average molecular weight is 352 g/mol. The van der Waals surface area contributed by atoms with Gasteiger partial charge in [-0.05, 0) is 29.3 Å². The van der Waals surface area contributed by atoms with Gasteiger partial charge in [-0.25, -0.2) is 18.0 Å². The SMILES string of the molecule is COC(=O)c1c(O)cc(OCC(F)F)cc1C=Cc1ccc(F)cc1.